The van der Waals surface area contributed by atoms with Crippen molar-refractivity contribution in [1.29, 1.82) is 0 Å². The summed E-state index contributed by atoms with van der Waals surface area (Å²) in [4.78, 5) is 15.4. The third-order valence-corrected chi connectivity index (χ3v) is 3.75. The molecule has 2 unspecified atom stereocenters. The van der Waals surface area contributed by atoms with Crippen LogP contribution in [0.2, 0.25) is 0 Å². The highest BCUT2D eigenvalue weighted by Crippen LogP contribution is 2.37. The molecule has 0 spiro atoms. The normalized spacial score (nSPS) is 14.2. The Labute approximate surface area is 149 Å². The largest absolute Gasteiger partial charge is 0.462 e. The number of halogens is 7. The fourth-order valence-corrected chi connectivity index (χ4v) is 2.60. The number of aromatic nitrogens is 1. The Morgan fingerprint density at radius 3 is 2.44 bits per heavy atom. The van der Waals surface area contributed by atoms with E-state index in [9.17, 15) is 35.5 Å². The molecule has 0 aliphatic heterocycles. The summed E-state index contributed by atoms with van der Waals surface area (Å²) in [5, 5.41) is -0.581. The Bertz CT molecular complexity index is 838. The molecule has 2 rings (SSSR count). The van der Waals surface area contributed by atoms with Gasteiger partial charge in [0.25, 0.3) is 0 Å². The highest BCUT2D eigenvalue weighted by atomic mass is 19.4. The van der Waals surface area contributed by atoms with Crippen molar-refractivity contribution in [2.75, 3.05) is 13.3 Å². The molecule has 1 aromatic heterocycles. The Kier molecular flexibility index (Phi) is 6.27. The van der Waals surface area contributed by atoms with E-state index in [2.05, 4.69) is 9.72 Å². The highest BCUT2D eigenvalue weighted by Gasteiger charge is 2.41. The zero-order valence-corrected chi connectivity index (χ0v) is 13.9. The van der Waals surface area contributed by atoms with Crippen LogP contribution in [0.4, 0.5) is 30.7 Å². The molecule has 148 valence electrons. The first-order valence-corrected chi connectivity index (χ1v) is 7.81. The van der Waals surface area contributed by atoms with Gasteiger partial charge in [0.05, 0.1) is 17.7 Å². The lowest BCUT2D eigenvalue weighted by atomic mass is 9.94. The number of hydrogen-bond acceptors (Lipinski definition) is 3. The number of fused-ring (bicyclic) bond motifs is 1. The van der Waals surface area contributed by atoms with Gasteiger partial charge in [-0.3, -0.25) is 0 Å². The molecule has 2 aromatic rings. The minimum absolute atomic E-state index is 0.319. The van der Waals surface area contributed by atoms with E-state index in [0.29, 0.717) is 0 Å². The van der Waals surface area contributed by atoms with E-state index in [1.807, 2.05) is 0 Å². The summed E-state index contributed by atoms with van der Waals surface area (Å²) in [6.07, 6.45) is -11.6. The van der Waals surface area contributed by atoms with Crippen LogP contribution in [0.3, 0.4) is 0 Å². The monoisotopic (exact) mass is 397 g/mol. The van der Waals surface area contributed by atoms with Crippen molar-refractivity contribution in [1.82, 2.24) is 4.98 Å². The van der Waals surface area contributed by atoms with Crippen molar-refractivity contribution in [3.63, 3.8) is 0 Å². The fraction of sp³-hybridized carbons (Fsp3) is 0.412. The second-order valence-electron chi connectivity index (χ2n) is 5.56. The predicted octanol–water partition coefficient (Wildman–Crippen LogP) is 4.76. The van der Waals surface area contributed by atoms with Crippen LogP contribution in [0.1, 0.15) is 28.5 Å². The average Bonchev–Trinajstić information content (AvgIpc) is 2.59. The first kappa shape index (κ1) is 20.9. The van der Waals surface area contributed by atoms with E-state index >= 15 is 0 Å². The van der Waals surface area contributed by atoms with Gasteiger partial charge in [0.1, 0.15) is 18.7 Å². The molecule has 0 amide bonds. The number of carbonyl (C=O) groups is 1. The zero-order valence-electron chi connectivity index (χ0n) is 13.9. The van der Waals surface area contributed by atoms with E-state index in [-0.39, 0.29) is 6.61 Å². The standard InChI is InChI=1S/C17H14F7NO2/c1-2-27-16(26)14-8(6-10(20)11(21)7-18)13-9(19)4-3-5-12(13)25-15(14)17(22,23)24/h3-5,10-11H,2,6-7H2,1H3. The van der Waals surface area contributed by atoms with Gasteiger partial charge in [-0.25, -0.2) is 27.3 Å². The summed E-state index contributed by atoms with van der Waals surface area (Å²) in [6.45, 7) is -0.730. The van der Waals surface area contributed by atoms with Gasteiger partial charge in [-0.2, -0.15) is 13.2 Å². The topological polar surface area (TPSA) is 39.2 Å². The molecule has 0 radical (unpaired) electrons. The molecule has 1 heterocycles. The van der Waals surface area contributed by atoms with Gasteiger partial charge in [-0.05, 0) is 24.6 Å². The van der Waals surface area contributed by atoms with Crippen LogP contribution in [0.5, 0.6) is 0 Å². The highest BCUT2D eigenvalue weighted by molar-refractivity contribution is 5.99. The zero-order chi connectivity index (χ0) is 20.4. The van der Waals surface area contributed by atoms with Crippen molar-refractivity contribution in [2.24, 2.45) is 0 Å². The third-order valence-electron chi connectivity index (χ3n) is 3.75. The van der Waals surface area contributed by atoms with Gasteiger partial charge in [-0.15, -0.1) is 0 Å². The molecule has 0 fully saturated rings. The quantitative estimate of drug-likeness (QED) is 0.521. The molecule has 0 aliphatic rings. The van der Waals surface area contributed by atoms with Gasteiger partial charge in [0.15, 0.2) is 11.9 Å². The van der Waals surface area contributed by atoms with Gasteiger partial charge in [0, 0.05) is 11.8 Å². The first-order chi connectivity index (χ1) is 12.6. The molecule has 27 heavy (non-hydrogen) atoms. The second-order valence-corrected chi connectivity index (χ2v) is 5.56. The number of carbonyl (C=O) groups excluding carboxylic acids is 1. The van der Waals surface area contributed by atoms with Crippen molar-refractivity contribution >= 4 is 16.9 Å². The minimum Gasteiger partial charge on any atom is -0.462 e. The maximum Gasteiger partial charge on any atom is 0.434 e. The Balaban J connectivity index is 2.87. The Morgan fingerprint density at radius 1 is 1.22 bits per heavy atom. The minimum atomic E-state index is -5.15. The molecular formula is C17H14F7NO2. The third kappa shape index (κ3) is 4.30. The summed E-state index contributed by atoms with van der Waals surface area (Å²) < 4.78 is 98.9. The summed E-state index contributed by atoms with van der Waals surface area (Å²) in [6, 6.07) is 2.97. The molecule has 2 atom stereocenters. The van der Waals surface area contributed by atoms with E-state index in [1.165, 1.54) is 6.92 Å². The lowest BCUT2D eigenvalue weighted by Crippen LogP contribution is -2.26. The van der Waals surface area contributed by atoms with Crippen LogP contribution in [0.25, 0.3) is 10.9 Å². The first-order valence-electron chi connectivity index (χ1n) is 7.81. The number of ether oxygens (including phenoxy) is 1. The van der Waals surface area contributed by atoms with E-state index in [4.69, 9.17) is 0 Å². The van der Waals surface area contributed by atoms with Gasteiger partial charge in [0.2, 0.25) is 0 Å². The van der Waals surface area contributed by atoms with Crippen molar-refractivity contribution in [3.05, 3.63) is 40.8 Å². The number of hydrogen-bond donors (Lipinski definition) is 0. The molecule has 0 bridgehead atoms. The number of benzene rings is 1. The summed E-state index contributed by atoms with van der Waals surface area (Å²) in [5.74, 6) is -2.60. The van der Waals surface area contributed by atoms with Crippen LogP contribution in [-0.4, -0.2) is 36.6 Å². The fourth-order valence-electron chi connectivity index (χ4n) is 2.60. The number of nitrogens with zero attached hydrogens (tertiary/aromatic N) is 1. The number of rotatable bonds is 6. The van der Waals surface area contributed by atoms with Gasteiger partial charge < -0.3 is 4.74 Å². The summed E-state index contributed by atoms with van der Waals surface area (Å²) in [7, 11) is 0. The summed E-state index contributed by atoms with van der Waals surface area (Å²) in [5.41, 5.74) is -4.20. The molecular weight excluding hydrogens is 383 g/mol. The molecule has 0 aliphatic carbocycles. The van der Waals surface area contributed by atoms with Crippen LogP contribution >= 0.6 is 0 Å². The number of pyridine rings is 1. The maximum absolute atomic E-state index is 14.3. The van der Waals surface area contributed by atoms with E-state index < -0.39 is 71.1 Å². The smallest absolute Gasteiger partial charge is 0.434 e. The summed E-state index contributed by atoms with van der Waals surface area (Å²) >= 11 is 0. The Morgan fingerprint density at radius 2 is 1.89 bits per heavy atom. The van der Waals surface area contributed by atoms with Crippen molar-refractivity contribution in [2.45, 2.75) is 31.9 Å². The van der Waals surface area contributed by atoms with Crippen molar-refractivity contribution in [3.8, 4) is 0 Å². The second kappa shape index (κ2) is 8.10. The molecule has 0 saturated carbocycles. The Hall–Kier alpha value is -2.39. The maximum atomic E-state index is 14.3. The molecule has 0 N–H and O–H groups in total. The van der Waals surface area contributed by atoms with Crippen LogP contribution in [-0.2, 0) is 17.3 Å². The molecule has 1 aromatic carbocycles. The van der Waals surface area contributed by atoms with Crippen LogP contribution in [0.15, 0.2) is 18.2 Å². The lowest BCUT2D eigenvalue weighted by Gasteiger charge is -2.19. The van der Waals surface area contributed by atoms with Gasteiger partial charge in [-0.1, -0.05) is 6.07 Å². The van der Waals surface area contributed by atoms with Crippen LogP contribution < -0.4 is 0 Å². The predicted molar refractivity (Wildman–Crippen MR) is 82.1 cm³/mol. The van der Waals surface area contributed by atoms with Crippen LogP contribution in [0, 0.1) is 5.82 Å². The SMILES string of the molecule is CCOC(=O)c1c(C(F)(F)F)nc2cccc(F)c2c1CC(F)C(F)CF. The average molecular weight is 397 g/mol. The number of alkyl halides is 6. The molecule has 3 nitrogen and oxygen atoms in total. The molecule has 0 saturated heterocycles. The lowest BCUT2D eigenvalue weighted by molar-refractivity contribution is -0.141. The van der Waals surface area contributed by atoms with Gasteiger partial charge >= 0.3 is 12.1 Å². The van der Waals surface area contributed by atoms with E-state index in [1.54, 1.807) is 0 Å². The van der Waals surface area contributed by atoms with E-state index in [0.717, 1.165) is 18.2 Å². The molecule has 10 heteroatoms. The number of esters is 1. The van der Waals surface area contributed by atoms with Crippen molar-refractivity contribution < 1.29 is 40.3 Å².